The second-order valence-corrected chi connectivity index (χ2v) is 6.15. The van der Waals surface area contributed by atoms with E-state index in [1.807, 2.05) is 6.07 Å². The van der Waals surface area contributed by atoms with Crippen molar-refractivity contribution in [2.24, 2.45) is 11.1 Å². The maximum absolute atomic E-state index is 5.92. The van der Waals surface area contributed by atoms with E-state index in [1.165, 1.54) is 0 Å². The van der Waals surface area contributed by atoms with Crippen molar-refractivity contribution < 1.29 is 0 Å². The Morgan fingerprint density at radius 3 is 2.89 bits per heavy atom. The van der Waals surface area contributed by atoms with E-state index in [9.17, 15) is 0 Å². The standard InChI is InChI=1S/C13H23N5/c1-13(2,3)9-16-12-15-6-4-11(17-12)18-7-5-10(14)8-18/h4,6,10H,5,7-9,14H2,1-3H3,(H,15,16,17)/t10-/m1/s1. The molecule has 0 radical (unpaired) electrons. The van der Waals surface area contributed by atoms with Gasteiger partial charge in [-0.05, 0) is 17.9 Å². The summed E-state index contributed by atoms with van der Waals surface area (Å²) >= 11 is 0. The van der Waals surface area contributed by atoms with E-state index in [0.717, 1.165) is 31.9 Å². The van der Waals surface area contributed by atoms with Gasteiger partial charge in [-0.15, -0.1) is 0 Å². The second kappa shape index (κ2) is 5.10. The number of nitrogens with one attached hydrogen (secondary N) is 1. The van der Waals surface area contributed by atoms with E-state index >= 15 is 0 Å². The molecule has 2 rings (SSSR count). The first-order valence-corrected chi connectivity index (χ1v) is 6.51. The van der Waals surface area contributed by atoms with E-state index in [4.69, 9.17) is 5.73 Å². The predicted molar refractivity (Wildman–Crippen MR) is 74.8 cm³/mol. The first-order chi connectivity index (χ1) is 8.44. The third-order valence-corrected chi connectivity index (χ3v) is 2.97. The molecule has 1 fully saturated rings. The van der Waals surface area contributed by atoms with Gasteiger partial charge in [0.1, 0.15) is 5.82 Å². The van der Waals surface area contributed by atoms with Gasteiger partial charge in [0.2, 0.25) is 5.95 Å². The van der Waals surface area contributed by atoms with E-state index in [-0.39, 0.29) is 11.5 Å². The largest absolute Gasteiger partial charge is 0.355 e. The number of nitrogens with two attached hydrogens (primary N) is 1. The maximum atomic E-state index is 5.92. The maximum Gasteiger partial charge on any atom is 0.224 e. The average molecular weight is 249 g/mol. The summed E-state index contributed by atoms with van der Waals surface area (Å²) in [7, 11) is 0. The number of hydrogen-bond acceptors (Lipinski definition) is 5. The first-order valence-electron chi connectivity index (χ1n) is 6.51. The van der Waals surface area contributed by atoms with E-state index in [1.54, 1.807) is 6.20 Å². The third kappa shape index (κ3) is 3.57. The van der Waals surface area contributed by atoms with Crippen LogP contribution in [0.2, 0.25) is 0 Å². The molecule has 1 aromatic heterocycles. The summed E-state index contributed by atoms with van der Waals surface area (Å²) < 4.78 is 0. The molecule has 1 aromatic rings. The van der Waals surface area contributed by atoms with E-state index < -0.39 is 0 Å². The lowest BCUT2D eigenvalue weighted by molar-refractivity contribution is 0.442. The van der Waals surface area contributed by atoms with Gasteiger partial charge in [-0.2, -0.15) is 4.98 Å². The number of anilines is 2. The van der Waals surface area contributed by atoms with Gasteiger partial charge in [0.05, 0.1) is 0 Å². The van der Waals surface area contributed by atoms with Crippen molar-refractivity contribution in [3.8, 4) is 0 Å². The molecule has 18 heavy (non-hydrogen) atoms. The van der Waals surface area contributed by atoms with Crippen LogP contribution in [0.1, 0.15) is 27.2 Å². The summed E-state index contributed by atoms with van der Waals surface area (Å²) in [6.45, 7) is 9.28. The van der Waals surface area contributed by atoms with Crippen LogP contribution in [0.3, 0.4) is 0 Å². The molecule has 0 aliphatic carbocycles. The molecule has 0 aromatic carbocycles. The molecule has 5 nitrogen and oxygen atoms in total. The minimum atomic E-state index is 0.218. The minimum absolute atomic E-state index is 0.218. The van der Waals surface area contributed by atoms with Crippen LogP contribution in [-0.4, -0.2) is 35.6 Å². The Balaban J connectivity index is 2.01. The zero-order chi connectivity index (χ0) is 13.2. The van der Waals surface area contributed by atoms with E-state index in [2.05, 4.69) is 41.0 Å². The lowest BCUT2D eigenvalue weighted by Gasteiger charge is -2.20. The molecule has 1 aliphatic rings. The molecule has 100 valence electrons. The fourth-order valence-electron chi connectivity index (χ4n) is 1.95. The van der Waals surface area contributed by atoms with Gasteiger partial charge in [0.15, 0.2) is 0 Å². The highest BCUT2D eigenvalue weighted by Crippen LogP contribution is 2.19. The highest BCUT2D eigenvalue weighted by Gasteiger charge is 2.20. The molecular weight excluding hydrogens is 226 g/mol. The van der Waals surface area contributed by atoms with E-state index in [0.29, 0.717) is 5.95 Å². The van der Waals surface area contributed by atoms with Crippen LogP contribution in [0, 0.1) is 5.41 Å². The van der Waals surface area contributed by atoms with Crippen molar-refractivity contribution >= 4 is 11.8 Å². The SMILES string of the molecule is CC(C)(C)CNc1nccc(N2CC[C@@H](N)C2)n1. The third-order valence-electron chi connectivity index (χ3n) is 2.97. The summed E-state index contributed by atoms with van der Waals surface area (Å²) in [5, 5.41) is 3.28. The van der Waals surface area contributed by atoms with Crippen LogP contribution in [-0.2, 0) is 0 Å². The van der Waals surface area contributed by atoms with Gasteiger partial charge >= 0.3 is 0 Å². The normalized spacial score (nSPS) is 20.2. The lowest BCUT2D eigenvalue weighted by Crippen LogP contribution is -2.27. The highest BCUT2D eigenvalue weighted by molar-refractivity contribution is 5.43. The molecule has 0 amide bonds. The smallest absolute Gasteiger partial charge is 0.224 e. The Morgan fingerprint density at radius 2 is 2.28 bits per heavy atom. The molecule has 1 atom stereocenters. The number of rotatable bonds is 3. The van der Waals surface area contributed by atoms with Gasteiger partial charge in [-0.3, -0.25) is 0 Å². The first kappa shape index (κ1) is 13.1. The zero-order valence-corrected chi connectivity index (χ0v) is 11.5. The number of hydrogen-bond donors (Lipinski definition) is 2. The van der Waals surface area contributed by atoms with Crippen LogP contribution in [0.5, 0.6) is 0 Å². The van der Waals surface area contributed by atoms with Crippen LogP contribution >= 0.6 is 0 Å². The van der Waals surface area contributed by atoms with Crippen molar-refractivity contribution in [3.63, 3.8) is 0 Å². The fraction of sp³-hybridized carbons (Fsp3) is 0.692. The molecule has 2 heterocycles. The van der Waals surface area contributed by atoms with Gasteiger partial charge in [0.25, 0.3) is 0 Å². The van der Waals surface area contributed by atoms with Crippen LogP contribution in [0.4, 0.5) is 11.8 Å². The predicted octanol–water partition coefficient (Wildman–Crippen LogP) is 1.47. The topological polar surface area (TPSA) is 67.1 Å². The lowest BCUT2D eigenvalue weighted by atomic mass is 9.97. The van der Waals surface area contributed by atoms with Gasteiger partial charge in [0, 0.05) is 31.9 Å². The molecule has 0 bridgehead atoms. The van der Waals surface area contributed by atoms with Crippen LogP contribution in [0.25, 0.3) is 0 Å². The Hall–Kier alpha value is -1.36. The van der Waals surface area contributed by atoms with Crippen LogP contribution in [0.15, 0.2) is 12.3 Å². The highest BCUT2D eigenvalue weighted by atomic mass is 15.2. The molecule has 3 N–H and O–H groups in total. The summed E-state index contributed by atoms with van der Waals surface area (Å²) in [5.41, 5.74) is 6.13. The Bertz CT molecular complexity index is 399. The van der Waals surface area contributed by atoms with Crippen LogP contribution < -0.4 is 16.0 Å². The minimum Gasteiger partial charge on any atom is -0.355 e. The number of aromatic nitrogens is 2. The summed E-state index contributed by atoms with van der Waals surface area (Å²) in [6, 6.07) is 2.21. The Labute approximate surface area is 109 Å². The molecule has 0 saturated carbocycles. The van der Waals surface area contributed by atoms with Crippen molar-refractivity contribution in [2.75, 3.05) is 29.9 Å². The summed E-state index contributed by atoms with van der Waals surface area (Å²) in [6.07, 6.45) is 2.84. The average Bonchev–Trinajstić information content (AvgIpc) is 2.73. The molecule has 1 saturated heterocycles. The van der Waals surface area contributed by atoms with Crippen molar-refractivity contribution in [1.29, 1.82) is 0 Å². The van der Waals surface area contributed by atoms with Gasteiger partial charge in [-0.1, -0.05) is 20.8 Å². The summed E-state index contributed by atoms with van der Waals surface area (Å²) in [4.78, 5) is 11.0. The monoisotopic (exact) mass is 249 g/mol. The Morgan fingerprint density at radius 1 is 1.50 bits per heavy atom. The molecule has 1 aliphatic heterocycles. The van der Waals surface area contributed by atoms with Crippen molar-refractivity contribution in [2.45, 2.75) is 33.2 Å². The molecular formula is C13H23N5. The van der Waals surface area contributed by atoms with Crippen molar-refractivity contribution in [1.82, 2.24) is 9.97 Å². The summed E-state index contributed by atoms with van der Waals surface area (Å²) in [5.74, 6) is 1.66. The quantitative estimate of drug-likeness (QED) is 0.849. The molecule has 0 spiro atoms. The van der Waals surface area contributed by atoms with Gasteiger partial charge < -0.3 is 16.0 Å². The fourth-order valence-corrected chi connectivity index (χ4v) is 1.95. The van der Waals surface area contributed by atoms with Gasteiger partial charge in [-0.25, -0.2) is 4.98 Å². The van der Waals surface area contributed by atoms with Crippen molar-refractivity contribution in [3.05, 3.63) is 12.3 Å². The second-order valence-electron chi connectivity index (χ2n) is 6.15. The molecule has 0 unspecified atom stereocenters. The zero-order valence-electron chi connectivity index (χ0n) is 11.5. The Kier molecular flexibility index (Phi) is 3.71. The molecule has 5 heteroatoms. The number of nitrogens with zero attached hydrogens (tertiary/aromatic N) is 3.